The van der Waals surface area contributed by atoms with Gasteiger partial charge in [-0.2, -0.15) is 0 Å². The van der Waals surface area contributed by atoms with Crippen LogP contribution in [0.4, 0.5) is 0 Å². The van der Waals surface area contributed by atoms with Crippen LogP contribution < -0.4 is 5.32 Å². The van der Waals surface area contributed by atoms with Crippen LogP contribution in [0.25, 0.3) is 0 Å². The van der Waals surface area contributed by atoms with Crippen LogP contribution in [0.5, 0.6) is 0 Å². The fourth-order valence-corrected chi connectivity index (χ4v) is 2.86. The lowest BCUT2D eigenvalue weighted by Gasteiger charge is -2.35. The lowest BCUT2D eigenvalue weighted by atomic mass is 9.97. The SMILES string of the molecule is CC(C)CC[C@@H](c1ccc(Br)nc1)N1CCNCC1. The van der Waals surface area contributed by atoms with Gasteiger partial charge in [0.05, 0.1) is 0 Å². The number of nitrogens with zero attached hydrogens (tertiary/aromatic N) is 2. The molecule has 0 unspecified atom stereocenters. The molecule has 1 aliphatic heterocycles. The van der Waals surface area contributed by atoms with Crippen LogP contribution in [0.2, 0.25) is 0 Å². The molecular formula is C15H24BrN3. The minimum atomic E-state index is 0.519. The molecule has 1 saturated heterocycles. The van der Waals surface area contributed by atoms with Crippen molar-refractivity contribution in [2.45, 2.75) is 32.7 Å². The van der Waals surface area contributed by atoms with E-state index < -0.39 is 0 Å². The van der Waals surface area contributed by atoms with E-state index in [0.717, 1.165) is 36.7 Å². The first-order chi connectivity index (χ1) is 9.16. The molecule has 3 nitrogen and oxygen atoms in total. The Hall–Kier alpha value is -0.450. The monoisotopic (exact) mass is 325 g/mol. The topological polar surface area (TPSA) is 28.2 Å². The van der Waals surface area contributed by atoms with Gasteiger partial charge in [0.2, 0.25) is 0 Å². The molecule has 0 bridgehead atoms. The highest BCUT2D eigenvalue weighted by Crippen LogP contribution is 2.27. The van der Waals surface area contributed by atoms with Crippen LogP contribution in [0.15, 0.2) is 22.9 Å². The Morgan fingerprint density at radius 2 is 2.00 bits per heavy atom. The van der Waals surface area contributed by atoms with Gasteiger partial charge in [0.1, 0.15) is 4.60 Å². The normalized spacial score (nSPS) is 18.7. The van der Waals surface area contributed by atoms with E-state index in [1.165, 1.54) is 18.4 Å². The molecule has 106 valence electrons. The second-order valence-electron chi connectivity index (χ2n) is 5.69. The first kappa shape index (κ1) is 14.9. The molecule has 1 aliphatic rings. The summed E-state index contributed by atoms with van der Waals surface area (Å²) in [6.07, 6.45) is 4.52. The molecule has 0 spiro atoms. The largest absolute Gasteiger partial charge is 0.314 e. The van der Waals surface area contributed by atoms with Crippen molar-refractivity contribution in [2.24, 2.45) is 5.92 Å². The molecule has 1 atom stereocenters. The van der Waals surface area contributed by atoms with E-state index in [1.54, 1.807) is 0 Å². The number of rotatable bonds is 5. The molecule has 0 saturated carbocycles. The van der Waals surface area contributed by atoms with Crippen molar-refractivity contribution in [3.63, 3.8) is 0 Å². The van der Waals surface area contributed by atoms with E-state index in [4.69, 9.17) is 0 Å². The van der Waals surface area contributed by atoms with Gasteiger partial charge in [0.15, 0.2) is 0 Å². The van der Waals surface area contributed by atoms with Gasteiger partial charge in [-0.15, -0.1) is 0 Å². The summed E-state index contributed by atoms with van der Waals surface area (Å²) in [5.74, 6) is 0.758. The van der Waals surface area contributed by atoms with Crippen LogP contribution in [-0.2, 0) is 0 Å². The van der Waals surface area contributed by atoms with Gasteiger partial charge in [0, 0.05) is 38.4 Å². The molecule has 1 aromatic rings. The molecule has 0 aromatic carbocycles. The van der Waals surface area contributed by atoms with Crippen LogP contribution >= 0.6 is 15.9 Å². The summed E-state index contributed by atoms with van der Waals surface area (Å²) in [7, 11) is 0. The molecule has 1 fully saturated rings. The zero-order chi connectivity index (χ0) is 13.7. The number of hydrogen-bond acceptors (Lipinski definition) is 3. The van der Waals surface area contributed by atoms with E-state index in [0.29, 0.717) is 6.04 Å². The van der Waals surface area contributed by atoms with E-state index in [1.807, 2.05) is 6.20 Å². The van der Waals surface area contributed by atoms with E-state index >= 15 is 0 Å². The number of halogens is 1. The van der Waals surface area contributed by atoms with Gasteiger partial charge in [-0.1, -0.05) is 19.9 Å². The molecular weight excluding hydrogens is 302 g/mol. The van der Waals surface area contributed by atoms with Crippen molar-refractivity contribution in [3.05, 3.63) is 28.5 Å². The maximum atomic E-state index is 4.40. The van der Waals surface area contributed by atoms with Gasteiger partial charge >= 0.3 is 0 Å². The molecule has 0 amide bonds. The maximum absolute atomic E-state index is 4.40. The molecule has 1 N–H and O–H groups in total. The first-order valence-corrected chi connectivity index (χ1v) is 8.02. The standard InChI is InChI=1S/C15H24BrN3/c1-12(2)3-5-14(19-9-7-17-8-10-19)13-4-6-15(16)18-11-13/h4,6,11-12,14,17H,3,5,7-10H2,1-2H3/t14-/m0/s1. The minimum absolute atomic E-state index is 0.519. The Labute approximate surface area is 124 Å². The number of nitrogens with one attached hydrogen (secondary N) is 1. The van der Waals surface area contributed by atoms with Gasteiger partial charge in [-0.05, 0) is 46.3 Å². The molecule has 2 heterocycles. The van der Waals surface area contributed by atoms with Crippen molar-refractivity contribution < 1.29 is 0 Å². The fraction of sp³-hybridized carbons (Fsp3) is 0.667. The zero-order valence-corrected chi connectivity index (χ0v) is 13.5. The molecule has 1 aromatic heterocycles. The second kappa shape index (κ2) is 7.36. The third kappa shape index (κ3) is 4.55. The Balaban J connectivity index is 2.10. The fourth-order valence-electron chi connectivity index (χ4n) is 2.63. The maximum Gasteiger partial charge on any atom is 0.106 e. The average molecular weight is 326 g/mol. The predicted octanol–water partition coefficient (Wildman–Crippen LogP) is 3.23. The van der Waals surface area contributed by atoms with Crippen LogP contribution in [0.3, 0.4) is 0 Å². The van der Waals surface area contributed by atoms with Gasteiger partial charge in [-0.25, -0.2) is 4.98 Å². The van der Waals surface area contributed by atoms with Crippen molar-refractivity contribution in [1.29, 1.82) is 0 Å². The quantitative estimate of drug-likeness (QED) is 0.842. The summed E-state index contributed by atoms with van der Waals surface area (Å²) in [4.78, 5) is 7.00. The number of piperazine rings is 1. The first-order valence-electron chi connectivity index (χ1n) is 7.23. The van der Waals surface area contributed by atoms with Crippen molar-refractivity contribution >= 4 is 15.9 Å². The summed E-state index contributed by atoms with van der Waals surface area (Å²) in [5.41, 5.74) is 1.35. The average Bonchev–Trinajstić information content (AvgIpc) is 2.42. The zero-order valence-electron chi connectivity index (χ0n) is 11.9. The highest BCUT2D eigenvalue weighted by atomic mass is 79.9. The van der Waals surface area contributed by atoms with Crippen molar-refractivity contribution in [3.8, 4) is 0 Å². The number of hydrogen-bond donors (Lipinski definition) is 1. The summed E-state index contributed by atoms with van der Waals surface area (Å²) in [6.45, 7) is 9.07. The van der Waals surface area contributed by atoms with Crippen molar-refractivity contribution in [2.75, 3.05) is 26.2 Å². The van der Waals surface area contributed by atoms with Crippen LogP contribution in [-0.4, -0.2) is 36.1 Å². The Bertz CT molecular complexity index is 371. The summed E-state index contributed by atoms with van der Waals surface area (Å²) in [6, 6.07) is 4.79. The van der Waals surface area contributed by atoms with E-state index in [9.17, 15) is 0 Å². The highest BCUT2D eigenvalue weighted by molar-refractivity contribution is 9.10. The van der Waals surface area contributed by atoms with Crippen LogP contribution in [0.1, 0.15) is 38.3 Å². The van der Waals surface area contributed by atoms with E-state index in [-0.39, 0.29) is 0 Å². The third-order valence-corrected chi connectivity index (χ3v) is 4.21. The number of pyridine rings is 1. The third-order valence-electron chi connectivity index (χ3n) is 3.74. The van der Waals surface area contributed by atoms with Crippen molar-refractivity contribution in [1.82, 2.24) is 15.2 Å². The Kier molecular flexibility index (Phi) is 5.79. The molecule has 4 heteroatoms. The van der Waals surface area contributed by atoms with Gasteiger partial charge in [-0.3, -0.25) is 4.90 Å². The second-order valence-corrected chi connectivity index (χ2v) is 6.50. The smallest absolute Gasteiger partial charge is 0.106 e. The summed E-state index contributed by atoms with van der Waals surface area (Å²) >= 11 is 3.42. The van der Waals surface area contributed by atoms with Crippen LogP contribution in [0, 0.1) is 5.92 Å². The molecule has 0 radical (unpaired) electrons. The minimum Gasteiger partial charge on any atom is -0.314 e. The Morgan fingerprint density at radius 3 is 2.58 bits per heavy atom. The lowest BCUT2D eigenvalue weighted by molar-refractivity contribution is 0.159. The van der Waals surface area contributed by atoms with E-state index in [2.05, 4.69) is 57.1 Å². The summed E-state index contributed by atoms with van der Waals surface area (Å²) in [5, 5.41) is 3.43. The predicted molar refractivity (Wildman–Crippen MR) is 83.2 cm³/mol. The lowest BCUT2D eigenvalue weighted by Crippen LogP contribution is -2.45. The summed E-state index contributed by atoms with van der Waals surface area (Å²) < 4.78 is 0.916. The molecule has 19 heavy (non-hydrogen) atoms. The molecule has 0 aliphatic carbocycles. The highest BCUT2D eigenvalue weighted by Gasteiger charge is 2.22. The van der Waals surface area contributed by atoms with Gasteiger partial charge in [0.25, 0.3) is 0 Å². The molecule has 2 rings (SSSR count). The van der Waals surface area contributed by atoms with Gasteiger partial charge < -0.3 is 5.32 Å². The Morgan fingerprint density at radius 1 is 1.26 bits per heavy atom. The number of aromatic nitrogens is 1.